The first kappa shape index (κ1) is 15.6. The summed E-state index contributed by atoms with van der Waals surface area (Å²) in [6.45, 7) is 3.04. The van der Waals surface area contributed by atoms with Crippen LogP contribution in [0.2, 0.25) is 0 Å². The van der Waals surface area contributed by atoms with Gasteiger partial charge in [0.2, 0.25) is 0 Å². The van der Waals surface area contributed by atoms with Crippen LogP contribution in [0.25, 0.3) is 0 Å². The van der Waals surface area contributed by atoms with E-state index in [1.165, 1.54) is 67.6 Å². The van der Waals surface area contributed by atoms with Gasteiger partial charge in [0.1, 0.15) is 0 Å². The third-order valence-corrected chi connectivity index (χ3v) is 6.28. The average Bonchev–Trinajstić information content (AvgIpc) is 3.31. The molecule has 5 heteroatoms. The molecule has 0 saturated heterocycles. The summed E-state index contributed by atoms with van der Waals surface area (Å²) in [7, 11) is 0. The van der Waals surface area contributed by atoms with E-state index in [1.807, 2.05) is 0 Å². The molecule has 2 fully saturated rings. The highest BCUT2D eigenvalue weighted by Gasteiger charge is 2.31. The highest BCUT2D eigenvalue weighted by atomic mass is 16.5. The van der Waals surface area contributed by atoms with Gasteiger partial charge in [0.05, 0.1) is 17.9 Å². The highest BCUT2D eigenvalue weighted by molar-refractivity contribution is 5.32. The fraction of sp³-hybridized carbons (Fsp3) is 0.700. The van der Waals surface area contributed by atoms with Gasteiger partial charge in [-0.15, -0.1) is 0 Å². The number of H-pyrrole nitrogens is 1. The van der Waals surface area contributed by atoms with Crippen LogP contribution in [0.3, 0.4) is 0 Å². The lowest BCUT2D eigenvalue weighted by atomic mass is 9.87. The summed E-state index contributed by atoms with van der Waals surface area (Å²) in [4.78, 5) is 2.51. The first-order valence-electron chi connectivity index (χ1n) is 10.1. The molecular weight excluding hydrogens is 312 g/mol. The summed E-state index contributed by atoms with van der Waals surface area (Å²) in [5.74, 6) is 2.40. The van der Waals surface area contributed by atoms with Gasteiger partial charge in [-0.3, -0.25) is 10.00 Å². The summed E-state index contributed by atoms with van der Waals surface area (Å²) in [6.07, 6.45) is 11.4. The Kier molecular flexibility index (Phi) is 4.12. The Hall–Kier alpha value is -1.62. The second-order valence-corrected chi connectivity index (χ2v) is 8.17. The van der Waals surface area contributed by atoms with Crippen molar-refractivity contribution < 1.29 is 4.52 Å². The van der Waals surface area contributed by atoms with Gasteiger partial charge >= 0.3 is 0 Å². The van der Waals surface area contributed by atoms with E-state index in [2.05, 4.69) is 26.3 Å². The Bertz CT molecular complexity index is 724. The maximum Gasteiger partial charge on any atom is 0.150 e. The molecule has 0 unspecified atom stereocenters. The van der Waals surface area contributed by atoms with Crippen molar-refractivity contribution in [2.24, 2.45) is 0 Å². The van der Waals surface area contributed by atoms with Crippen LogP contribution in [-0.2, 0) is 19.4 Å². The molecule has 0 bridgehead atoms. The average molecular weight is 340 g/mol. The molecule has 2 aromatic rings. The van der Waals surface area contributed by atoms with Crippen LogP contribution < -0.4 is 0 Å². The first-order valence-corrected chi connectivity index (χ1v) is 10.1. The monoisotopic (exact) mass is 340 g/mol. The fourth-order valence-electron chi connectivity index (χ4n) is 4.62. The van der Waals surface area contributed by atoms with Gasteiger partial charge in [0, 0.05) is 43.1 Å². The second kappa shape index (κ2) is 6.60. The quantitative estimate of drug-likeness (QED) is 0.916. The van der Waals surface area contributed by atoms with E-state index in [0.29, 0.717) is 5.92 Å². The Morgan fingerprint density at radius 3 is 2.72 bits per heavy atom. The topological polar surface area (TPSA) is 58.0 Å². The molecule has 5 rings (SSSR count). The summed E-state index contributed by atoms with van der Waals surface area (Å²) in [6, 6.07) is 2.22. The van der Waals surface area contributed by atoms with Crippen molar-refractivity contribution in [3.63, 3.8) is 0 Å². The van der Waals surface area contributed by atoms with Gasteiger partial charge in [-0.1, -0.05) is 24.4 Å². The summed E-state index contributed by atoms with van der Waals surface area (Å²) in [5, 5.41) is 12.3. The molecule has 3 aliphatic rings. The summed E-state index contributed by atoms with van der Waals surface area (Å²) < 4.78 is 5.68. The third-order valence-electron chi connectivity index (χ3n) is 6.28. The van der Waals surface area contributed by atoms with E-state index in [4.69, 9.17) is 4.52 Å². The molecule has 1 N–H and O–H groups in total. The lowest BCUT2D eigenvalue weighted by molar-refractivity contribution is 0.238. The van der Waals surface area contributed by atoms with Crippen LogP contribution in [0.1, 0.15) is 85.2 Å². The Morgan fingerprint density at radius 1 is 1.04 bits per heavy atom. The van der Waals surface area contributed by atoms with Crippen molar-refractivity contribution in [2.75, 3.05) is 13.1 Å². The normalized spacial score (nSPS) is 22.7. The largest absolute Gasteiger partial charge is 0.360 e. The number of hydrogen-bond acceptors (Lipinski definition) is 4. The Balaban J connectivity index is 1.23. The molecule has 0 aromatic carbocycles. The lowest BCUT2D eigenvalue weighted by Gasteiger charge is -2.19. The molecule has 134 valence electrons. The first-order chi connectivity index (χ1) is 12.4. The number of rotatable bonds is 4. The van der Waals surface area contributed by atoms with Crippen LogP contribution in [-0.4, -0.2) is 33.3 Å². The molecule has 25 heavy (non-hydrogen) atoms. The molecule has 2 aromatic heterocycles. The smallest absolute Gasteiger partial charge is 0.150 e. The summed E-state index contributed by atoms with van der Waals surface area (Å²) in [5.41, 5.74) is 5.42. The molecule has 2 aliphatic carbocycles. The van der Waals surface area contributed by atoms with Crippen LogP contribution in [0.15, 0.2) is 10.6 Å². The number of nitrogens with zero attached hydrogens (tertiary/aromatic N) is 3. The minimum atomic E-state index is 0.627. The molecular formula is C20H28N4O. The maximum atomic E-state index is 5.68. The zero-order valence-corrected chi connectivity index (χ0v) is 15.0. The molecule has 2 saturated carbocycles. The van der Waals surface area contributed by atoms with E-state index in [-0.39, 0.29) is 0 Å². The molecule has 3 heterocycles. The zero-order chi connectivity index (χ0) is 16.6. The predicted molar refractivity (Wildman–Crippen MR) is 95.6 cm³/mol. The molecule has 0 atom stereocenters. The highest BCUT2D eigenvalue weighted by Crippen LogP contribution is 2.41. The van der Waals surface area contributed by atoms with E-state index >= 15 is 0 Å². The van der Waals surface area contributed by atoms with Crippen LogP contribution in [0.4, 0.5) is 0 Å². The SMILES string of the molecule is c1c(C2CCCCC2)noc1CN1CCc2[nH]nc(C3CC3)c2CC1. The molecule has 0 spiro atoms. The molecule has 0 radical (unpaired) electrons. The fourth-order valence-corrected chi connectivity index (χ4v) is 4.62. The van der Waals surface area contributed by atoms with E-state index in [1.54, 1.807) is 0 Å². The van der Waals surface area contributed by atoms with E-state index in [9.17, 15) is 0 Å². The van der Waals surface area contributed by atoms with Gasteiger partial charge in [-0.2, -0.15) is 5.10 Å². The maximum absolute atomic E-state index is 5.68. The van der Waals surface area contributed by atoms with Gasteiger partial charge < -0.3 is 4.52 Å². The number of aromatic amines is 1. The van der Waals surface area contributed by atoms with Gasteiger partial charge in [0.25, 0.3) is 0 Å². The van der Waals surface area contributed by atoms with Gasteiger partial charge in [-0.05, 0) is 37.7 Å². The number of fused-ring (bicyclic) bond motifs is 1. The lowest BCUT2D eigenvalue weighted by Crippen LogP contribution is -2.26. The minimum Gasteiger partial charge on any atom is -0.360 e. The zero-order valence-electron chi connectivity index (χ0n) is 15.0. The van der Waals surface area contributed by atoms with Gasteiger partial charge in [0.15, 0.2) is 5.76 Å². The van der Waals surface area contributed by atoms with Crippen molar-refractivity contribution in [2.45, 2.75) is 76.2 Å². The number of hydrogen-bond donors (Lipinski definition) is 1. The Morgan fingerprint density at radius 2 is 1.88 bits per heavy atom. The van der Waals surface area contributed by atoms with Crippen LogP contribution >= 0.6 is 0 Å². The van der Waals surface area contributed by atoms with Crippen LogP contribution in [0, 0.1) is 0 Å². The number of aromatic nitrogens is 3. The molecule has 1 aliphatic heterocycles. The van der Waals surface area contributed by atoms with E-state index < -0.39 is 0 Å². The second-order valence-electron chi connectivity index (χ2n) is 8.17. The standard InChI is InChI=1S/C20H28N4O/c1-2-4-14(5-3-1)19-12-16(25-23-19)13-24-10-8-17-18(9-11-24)21-22-20(17)15-6-7-15/h12,14-15H,1-11,13H2,(H,21,22). The van der Waals surface area contributed by atoms with Crippen molar-refractivity contribution in [1.29, 1.82) is 0 Å². The van der Waals surface area contributed by atoms with Crippen LogP contribution in [0.5, 0.6) is 0 Å². The third kappa shape index (κ3) is 3.26. The van der Waals surface area contributed by atoms with Gasteiger partial charge in [-0.25, -0.2) is 0 Å². The Labute approximate surface area is 149 Å². The van der Waals surface area contributed by atoms with Crippen molar-refractivity contribution in [3.05, 3.63) is 34.5 Å². The van der Waals surface area contributed by atoms with E-state index in [0.717, 1.165) is 44.2 Å². The van der Waals surface area contributed by atoms with Crippen molar-refractivity contribution in [3.8, 4) is 0 Å². The van der Waals surface area contributed by atoms with Crippen molar-refractivity contribution in [1.82, 2.24) is 20.3 Å². The molecule has 0 amide bonds. The minimum absolute atomic E-state index is 0.627. The van der Waals surface area contributed by atoms with Crippen molar-refractivity contribution >= 4 is 0 Å². The number of nitrogens with one attached hydrogen (secondary N) is 1. The predicted octanol–water partition coefficient (Wildman–Crippen LogP) is 3.92. The summed E-state index contributed by atoms with van der Waals surface area (Å²) >= 11 is 0. The molecule has 5 nitrogen and oxygen atoms in total.